The molecule has 3 aromatic rings. The summed E-state index contributed by atoms with van der Waals surface area (Å²) in [6.45, 7) is 11.5. The lowest BCUT2D eigenvalue weighted by Crippen LogP contribution is -2.38. The van der Waals surface area contributed by atoms with E-state index < -0.39 is 0 Å². The summed E-state index contributed by atoms with van der Waals surface area (Å²) in [5, 5.41) is 8.79. The molecule has 3 aromatic carbocycles. The number of nitrogens with one attached hydrogen (secondary N) is 3. The molecule has 9 nitrogen and oxygen atoms in total. The monoisotopic (exact) mass is 616 g/mol. The summed E-state index contributed by atoms with van der Waals surface area (Å²) >= 11 is 0. The normalized spacial score (nSPS) is 13.7. The molecule has 1 aliphatic rings. The molecule has 9 heteroatoms. The lowest BCUT2D eigenvalue weighted by molar-refractivity contribution is 0.0979. The van der Waals surface area contributed by atoms with Crippen LogP contribution in [0, 0.1) is 6.92 Å². The average molecular weight is 617 g/mol. The van der Waals surface area contributed by atoms with Gasteiger partial charge in [-0.15, -0.1) is 0 Å². The van der Waals surface area contributed by atoms with Crippen molar-refractivity contribution in [3.63, 3.8) is 0 Å². The van der Waals surface area contributed by atoms with Gasteiger partial charge in [0, 0.05) is 47.7 Å². The minimum absolute atomic E-state index is 0.124. The number of likely N-dealkylation sites (tertiary alicyclic amines) is 1. The first-order valence-corrected chi connectivity index (χ1v) is 16.2. The first-order valence-electron chi connectivity index (χ1n) is 16.2. The second-order valence-electron chi connectivity index (χ2n) is 11.5. The zero-order chi connectivity index (χ0) is 32.2. The number of hydrogen-bond donors (Lipinski definition) is 3. The van der Waals surface area contributed by atoms with Crippen LogP contribution in [0.2, 0.25) is 0 Å². The molecular weight excluding hydrogens is 568 g/mol. The maximum atomic E-state index is 13.2. The minimum atomic E-state index is -0.259. The molecule has 0 spiro atoms. The highest BCUT2D eigenvalue weighted by atomic mass is 16.5. The molecule has 0 aliphatic carbocycles. The van der Waals surface area contributed by atoms with Gasteiger partial charge in [-0.3, -0.25) is 4.79 Å². The van der Waals surface area contributed by atoms with E-state index in [1.807, 2.05) is 39.0 Å². The molecule has 0 radical (unpaired) electrons. The van der Waals surface area contributed by atoms with Crippen molar-refractivity contribution in [2.75, 3.05) is 37.4 Å². The van der Waals surface area contributed by atoms with Crippen LogP contribution in [0.25, 0.3) is 0 Å². The maximum Gasteiger partial charge on any atom is 0.319 e. The minimum Gasteiger partial charge on any atom is -0.493 e. The molecule has 0 aromatic heterocycles. The van der Waals surface area contributed by atoms with Crippen molar-refractivity contribution in [3.05, 3.63) is 71.8 Å². The van der Waals surface area contributed by atoms with Gasteiger partial charge in [0.15, 0.2) is 11.5 Å². The molecule has 4 rings (SSSR count). The Morgan fingerprint density at radius 2 is 1.60 bits per heavy atom. The number of piperidine rings is 1. The van der Waals surface area contributed by atoms with Crippen molar-refractivity contribution in [3.8, 4) is 23.0 Å². The van der Waals surface area contributed by atoms with Gasteiger partial charge in [0.1, 0.15) is 17.6 Å². The smallest absolute Gasteiger partial charge is 0.319 e. The van der Waals surface area contributed by atoms with Gasteiger partial charge in [-0.2, -0.15) is 0 Å². The number of amides is 3. The number of urea groups is 1. The molecular formula is C36H48N4O5. The van der Waals surface area contributed by atoms with Crippen LogP contribution in [0.3, 0.4) is 0 Å². The molecule has 1 aliphatic heterocycles. The maximum absolute atomic E-state index is 13.2. The number of rotatable bonds is 14. The summed E-state index contributed by atoms with van der Waals surface area (Å²) in [4.78, 5) is 28.1. The number of anilines is 2. The number of hydrogen-bond acceptors (Lipinski definition) is 6. The van der Waals surface area contributed by atoms with Crippen molar-refractivity contribution in [1.82, 2.24) is 10.2 Å². The third-order valence-electron chi connectivity index (χ3n) is 8.27. The van der Waals surface area contributed by atoms with Gasteiger partial charge >= 0.3 is 6.03 Å². The van der Waals surface area contributed by atoms with E-state index in [-0.39, 0.29) is 24.1 Å². The second kappa shape index (κ2) is 16.7. The Morgan fingerprint density at radius 3 is 2.27 bits per heavy atom. The number of carbonyl (C=O) groups is 2. The zero-order valence-electron chi connectivity index (χ0n) is 27.3. The van der Waals surface area contributed by atoms with Crippen molar-refractivity contribution >= 4 is 23.3 Å². The molecule has 1 saturated heterocycles. The van der Waals surface area contributed by atoms with E-state index in [2.05, 4.69) is 27.8 Å². The van der Waals surface area contributed by atoms with Crippen molar-refractivity contribution in [1.29, 1.82) is 0 Å². The lowest BCUT2D eigenvalue weighted by atomic mass is 10.0. The topological polar surface area (TPSA) is 101 Å². The Labute approximate surface area is 267 Å². The summed E-state index contributed by atoms with van der Waals surface area (Å²) in [5.74, 6) is 2.12. The number of methoxy groups -OCH3 is 1. The predicted molar refractivity (Wildman–Crippen MR) is 180 cm³/mol. The van der Waals surface area contributed by atoms with E-state index >= 15 is 0 Å². The Morgan fingerprint density at radius 1 is 0.889 bits per heavy atom. The van der Waals surface area contributed by atoms with E-state index in [1.54, 1.807) is 49.6 Å². The Hall–Kier alpha value is -4.24. The van der Waals surface area contributed by atoms with Gasteiger partial charge in [-0.1, -0.05) is 33.3 Å². The Kier molecular flexibility index (Phi) is 12.5. The molecule has 0 saturated carbocycles. The van der Waals surface area contributed by atoms with Gasteiger partial charge in [-0.25, -0.2) is 4.79 Å². The highest BCUT2D eigenvalue weighted by Crippen LogP contribution is 2.34. The van der Waals surface area contributed by atoms with Crippen molar-refractivity contribution < 1.29 is 23.8 Å². The fraction of sp³-hybridized carbons (Fsp3) is 0.444. The van der Waals surface area contributed by atoms with E-state index in [0.717, 1.165) is 56.6 Å². The van der Waals surface area contributed by atoms with Crippen LogP contribution in [-0.2, 0) is 0 Å². The van der Waals surface area contributed by atoms with Gasteiger partial charge < -0.3 is 35.1 Å². The molecule has 242 valence electrons. The number of unbranched alkanes of at least 4 members (excludes halogenated alkanes) is 1. The lowest BCUT2D eigenvalue weighted by Gasteiger charge is -2.32. The molecule has 0 atom stereocenters. The van der Waals surface area contributed by atoms with E-state index in [9.17, 15) is 9.59 Å². The quantitative estimate of drug-likeness (QED) is 0.170. The van der Waals surface area contributed by atoms with E-state index in [4.69, 9.17) is 14.2 Å². The first kappa shape index (κ1) is 33.6. The molecule has 0 bridgehead atoms. The van der Waals surface area contributed by atoms with Gasteiger partial charge in [0.05, 0.1) is 7.11 Å². The Balaban J connectivity index is 1.33. The SMILES string of the molecule is CCCCN1CCC(Oc2cccc(C(=O)Nc3ccc(Oc4ccc(NC(=O)NC(CC)CC)cc4OC)cc3)c2C)CC1. The van der Waals surface area contributed by atoms with Crippen LogP contribution >= 0.6 is 0 Å². The third kappa shape index (κ3) is 9.62. The summed E-state index contributed by atoms with van der Waals surface area (Å²) in [6.07, 6.45) is 6.34. The van der Waals surface area contributed by atoms with Crippen LogP contribution in [0.4, 0.5) is 16.2 Å². The highest BCUT2D eigenvalue weighted by Gasteiger charge is 2.22. The van der Waals surface area contributed by atoms with Gasteiger partial charge in [0.25, 0.3) is 5.91 Å². The van der Waals surface area contributed by atoms with E-state index in [0.29, 0.717) is 34.2 Å². The molecule has 45 heavy (non-hydrogen) atoms. The largest absolute Gasteiger partial charge is 0.493 e. The fourth-order valence-electron chi connectivity index (χ4n) is 5.41. The average Bonchev–Trinajstić information content (AvgIpc) is 3.05. The molecule has 3 amide bonds. The molecule has 1 fully saturated rings. The van der Waals surface area contributed by atoms with E-state index in [1.165, 1.54) is 12.8 Å². The number of nitrogens with zero attached hydrogens (tertiary/aromatic N) is 1. The zero-order valence-corrected chi connectivity index (χ0v) is 27.3. The number of benzene rings is 3. The number of carbonyl (C=O) groups excluding carboxylic acids is 2. The summed E-state index contributed by atoms with van der Waals surface area (Å²) in [5.41, 5.74) is 2.66. The molecule has 3 N–H and O–H groups in total. The summed E-state index contributed by atoms with van der Waals surface area (Å²) in [6, 6.07) is 17.9. The van der Waals surface area contributed by atoms with Gasteiger partial charge in [-0.05, 0) is 94.1 Å². The van der Waals surface area contributed by atoms with Crippen LogP contribution in [-0.4, -0.2) is 55.7 Å². The van der Waals surface area contributed by atoms with Gasteiger partial charge in [0.2, 0.25) is 0 Å². The standard InChI is InChI=1S/C36H48N4O5/c1-6-9-21-40-22-19-30(20-23-40)44-32-12-10-11-31(25(32)4)35(41)37-27-13-16-29(17-14-27)45-33-18-15-28(24-34(33)43-5)39-36(42)38-26(7-2)8-3/h10-18,24,26,30H,6-9,19-23H2,1-5H3,(H,37,41)(H2,38,39,42). The predicted octanol–water partition coefficient (Wildman–Crippen LogP) is 8.00. The molecule has 1 heterocycles. The van der Waals surface area contributed by atoms with Crippen LogP contribution < -0.4 is 30.2 Å². The highest BCUT2D eigenvalue weighted by molar-refractivity contribution is 6.05. The first-order chi connectivity index (χ1) is 21.8. The van der Waals surface area contributed by atoms with Crippen LogP contribution in [0.15, 0.2) is 60.7 Å². The number of ether oxygens (including phenoxy) is 3. The van der Waals surface area contributed by atoms with Crippen molar-refractivity contribution in [2.45, 2.75) is 78.4 Å². The molecule has 0 unspecified atom stereocenters. The van der Waals surface area contributed by atoms with Crippen LogP contribution in [0.1, 0.15) is 75.2 Å². The van der Waals surface area contributed by atoms with Crippen LogP contribution in [0.5, 0.6) is 23.0 Å². The summed E-state index contributed by atoms with van der Waals surface area (Å²) < 4.78 is 17.9. The summed E-state index contributed by atoms with van der Waals surface area (Å²) in [7, 11) is 1.55. The Bertz CT molecular complexity index is 1400. The third-order valence-corrected chi connectivity index (χ3v) is 8.27. The second-order valence-corrected chi connectivity index (χ2v) is 11.5. The van der Waals surface area contributed by atoms with Crippen molar-refractivity contribution in [2.24, 2.45) is 0 Å². The fourth-order valence-corrected chi connectivity index (χ4v) is 5.41.